The Kier molecular flexibility index (Phi) is 4.05. The molecule has 0 radical (unpaired) electrons. The fourth-order valence-electron chi connectivity index (χ4n) is 3.25. The second-order valence-electron chi connectivity index (χ2n) is 5.99. The molecule has 1 saturated heterocycles. The molecule has 0 aliphatic carbocycles. The van der Waals surface area contributed by atoms with Gasteiger partial charge in [-0.2, -0.15) is 0 Å². The van der Waals surface area contributed by atoms with Gasteiger partial charge in [-0.25, -0.2) is 0 Å². The molecule has 2 aromatic carbocycles. The summed E-state index contributed by atoms with van der Waals surface area (Å²) in [5.41, 5.74) is 3.67. The molecule has 0 saturated carbocycles. The number of morpholine rings is 1. The Hall–Kier alpha value is -2.23. The smallest absolute Gasteiger partial charge is 0.0952 e. The number of para-hydroxylation sites is 1. The van der Waals surface area contributed by atoms with E-state index >= 15 is 0 Å². The van der Waals surface area contributed by atoms with Gasteiger partial charge in [0.15, 0.2) is 0 Å². The van der Waals surface area contributed by atoms with Gasteiger partial charge in [0.1, 0.15) is 0 Å². The minimum atomic E-state index is 0.165. The molecule has 0 bridgehead atoms. The molecule has 1 aliphatic rings. The Bertz CT molecular complexity index is 783. The lowest BCUT2D eigenvalue weighted by atomic mass is 10.1. The van der Waals surface area contributed by atoms with E-state index in [0.29, 0.717) is 0 Å². The minimum absolute atomic E-state index is 0.165. The number of aromatic nitrogens is 1. The minimum Gasteiger partial charge on any atom is -0.371 e. The van der Waals surface area contributed by atoms with Crippen molar-refractivity contribution in [3.8, 4) is 0 Å². The van der Waals surface area contributed by atoms with Gasteiger partial charge in [-0.3, -0.25) is 9.88 Å². The van der Waals surface area contributed by atoms with E-state index in [9.17, 15) is 0 Å². The van der Waals surface area contributed by atoms with Crippen molar-refractivity contribution in [1.29, 1.82) is 0 Å². The van der Waals surface area contributed by atoms with E-state index in [4.69, 9.17) is 4.74 Å². The van der Waals surface area contributed by atoms with Crippen molar-refractivity contribution < 1.29 is 4.74 Å². The van der Waals surface area contributed by atoms with Crippen LogP contribution >= 0.6 is 0 Å². The van der Waals surface area contributed by atoms with E-state index in [1.165, 1.54) is 16.5 Å². The van der Waals surface area contributed by atoms with Crippen molar-refractivity contribution in [3.05, 3.63) is 78.0 Å². The highest BCUT2D eigenvalue weighted by Gasteiger charge is 2.22. The Morgan fingerprint density at radius 1 is 1.00 bits per heavy atom. The third-order valence-electron chi connectivity index (χ3n) is 4.46. The van der Waals surface area contributed by atoms with Crippen LogP contribution in [0.5, 0.6) is 0 Å². The standard InChI is InChI=1S/C20H20N2O/c1-2-6-16(7-3-1)20-15-22(12-13-23-20)14-17-10-11-21-19-9-5-4-8-18(17)19/h1-11,20H,12-15H2/t20-/m1/s1. The van der Waals surface area contributed by atoms with Gasteiger partial charge >= 0.3 is 0 Å². The first-order chi connectivity index (χ1) is 11.4. The van der Waals surface area contributed by atoms with Crippen LogP contribution in [0.25, 0.3) is 10.9 Å². The van der Waals surface area contributed by atoms with Crippen molar-refractivity contribution in [2.45, 2.75) is 12.6 Å². The van der Waals surface area contributed by atoms with Crippen molar-refractivity contribution in [1.82, 2.24) is 9.88 Å². The van der Waals surface area contributed by atoms with Crippen molar-refractivity contribution in [2.24, 2.45) is 0 Å². The van der Waals surface area contributed by atoms with E-state index in [0.717, 1.165) is 31.8 Å². The normalized spacial score (nSPS) is 19.0. The van der Waals surface area contributed by atoms with Crippen molar-refractivity contribution in [3.63, 3.8) is 0 Å². The van der Waals surface area contributed by atoms with Gasteiger partial charge < -0.3 is 4.74 Å². The maximum atomic E-state index is 5.97. The second-order valence-corrected chi connectivity index (χ2v) is 5.99. The molecule has 0 amide bonds. The first-order valence-corrected chi connectivity index (χ1v) is 8.12. The molecule has 1 atom stereocenters. The predicted octanol–water partition coefficient (Wildman–Crippen LogP) is 3.81. The summed E-state index contributed by atoms with van der Waals surface area (Å²) < 4.78 is 5.97. The van der Waals surface area contributed by atoms with Crippen LogP contribution in [0.4, 0.5) is 0 Å². The number of benzene rings is 2. The molecular weight excluding hydrogens is 284 g/mol. The Morgan fingerprint density at radius 3 is 2.74 bits per heavy atom. The van der Waals surface area contributed by atoms with E-state index in [-0.39, 0.29) is 6.10 Å². The summed E-state index contributed by atoms with van der Waals surface area (Å²) in [4.78, 5) is 6.93. The first kappa shape index (κ1) is 14.4. The molecule has 4 rings (SSSR count). The molecule has 1 aliphatic heterocycles. The summed E-state index contributed by atoms with van der Waals surface area (Å²) in [6.45, 7) is 3.62. The highest BCUT2D eigenvalue weighted by molar-refractivity contribution is 5.81. The molecule has 0 N–H and O–H groups in total. The molecule has 2 heterocycles. The quantitative estimate of drug-likeness (QED) is 0.736. The lowest BCUT2D eigenvalue weighted by Crippen LogP contribution is -2.37. The van der Waals surface area contributed by atoms with Gasteiger partial charge in [0.2, 0.25) is 0 Å². The number of nitrogens with zero attached hydrogens (tertiary/aromatic N) is 2. The lowest BCUT2D eigenvalue weighted by Gasteiger charge is -2.33. The number of hydrogen-bond acceptors (Lipinski definition) is 3. The van der Waals surface area contributed by atoms with Gasteiger partial charge in [0, 0.05) is 31.2 Å². The van der Waals surface area contributed by atoms with Crippen LogP contribution in [0.3, 0.4) is 0 Å². The zero-order chi connectivity index (χ0) is 15.5. The molecule has 3 nitrogen and oxygen atoms in total. The van der Waals surface area contributed by atoms with E-state index < -0.39 is 0 Å². The fourth-order valence-corrected chi connectivity index (χ4v) is 3.25. The van der Waals surface area contributed by atoms with Gasteiger partial charge in [0.05, 0.1) is 18.2 Å². The summed E-state index contributed by atoms with van der Waals surface area (Å²) in [6, 6.07) is 21.0. The van der Waals surface area contributed by atoms with Crippen molar-refractivity contribution in [2.75, 3.05) is 19.7 Å². The number of rotatable bonds is 3. The Morgan fingerprint density at radius 2 is 1.83 bits per heavy atom. The number of pyridine rings is 1. The van der Waals surface area contributed by atoms with Crippen molar-refractivity contribution >= 4 is 10.9 Å². The predicted molar refractivity (Wildman–Crippen MR) is 92.2 cm³/mol. The van der Waals surface area contributed by atoms with Gasteiger partial charge in [0.25, 0.3) is 0 Å². The van der Waals surface area contributed by atoms with Gasteiger partial charge in [-0.1, -0.05) is 48.5 Å². The van der Waals surface area contributed by atoms with E-state index in [1.807, 2.05) is 18.3 Å². The SMILES string of the molecule is c1ccc([C@H]2CN(Cc3ccnc4ccccc34)CCO2)cc1. The third kappa shape index (κ3) is 3.11. The molecular formula is C20H20N2O. The number of hydrogen-bond donors (Lipinski definition) is 0. The number of ether oxygens (including phenoxy) is 1. The van der Waals surface area contributed by atoms with E-state index in [1.54, 1.807) is 0 Å². The maximum absolute atomic E-state index is 5.97. The molecule has 3 aromatic rings. The van der Waals surface area contributed by atoms with Crippen LogP contribution < -0.4 is 0 Å². The average Bonchev–Trinajstić information content (AvgIpc) is 2.63. The van der Waals surface area contributed by atoms with Crippen LogP contribution in [-0.2, 0) is 11.3 Å². The topological polar surface area (TPSA) is 25.4 Å². The zero-order valence-corrected chi connectivity index (χ0v) is 13.1. The molecule has 1 aromatic heterocycles. The largest absolute Gasteiger partial charge is 0.371 e. The van der Waals surface area contributed by atoms with E-state index in [2.05, 4.69) is 58.4 Å². The van der Waals surface area contributed by atoms with Crippen LogP contribution in [0.15, 0.2) is 66.9 Å². The van der Waals surface area contributed by atoms with Crippen LogP contribution in [0.2, 0.25) is 0 Å². The summed E-state index contributed by atoms with van der Waals surface area (Å²) in [7, 11) is 0. The zero-order valence-electron chi connectivity index (χ0n) is 13.1. The summed E-state index contributed by atoms with van der Waals surface area (Å²) in [6.07, 6.45) is 2.07. The van der Waals surface area contributed by atoms with Crippen LogP contribution in [-0.4, -0.2) is 29.6 Å². The summed E-state index contributed by atoms with van der Waals surface area (Å²) >= 11 is 0. The summed E-state index contributed by atoms with van der Waals surface area (Å²) in [5.74, 6) is 0. The monoisotopic (exact) mass is 304 g/mol. The molecule has 1 fully saturated rings. The molecule has 3 heteroatoms. The Labute approximate surface area is 136 Å². The Balaban J connectivity index is 1.54. The molecule has 23 heavy (non-hydrogen) atoms. The molecule has 116 valence electrons. The fraction of sp³-hybridized carbons (Fsp3) is 0.250. The maximum Gasteiger partial charge on any atom is 0.0952 e. The van der Waals surface area contributed by atoms with Gasteiger partial charge in [-0.05, 0) is 23.3 Å². The highest BCUT2D eigenvalue weighted by Crippen LogP contribution is 2.24. The number of fused-ring (bicyclic) bond motifs is 1. The highest BCUT2D eigenvalue weighted by atomic mass is 16.5. The second kappa shape index (κ2) is 6.49. The van der Waals surface area contributed by atoms with Gasteiger partial charge in [-0.15, -0.1) is 0 Å². The third-order valence-corrected chi connectivity index (χ3v) is 4.46. The first-order valence-electron chi connectivity index (χ1n) is 8.12. The van der Waals surface area contributed by atoms with Crippen LogP contribution in [0, 0.1) is 0 Å². The van der Waals surface area contributed by atoms with Crippen LogP contribution in [0.1, 0.15) is 17.2 Å². The lowest BCUT2D eigenvalue weighted by molar-refractivity contribution is -0.0328. The summed E-state index contributed by atoms with van der Waals surface area (Å²) in [5, 5.41) is 1.25. The molecule has 0 spiro atoms. The molecule has 0 unspecified atom stereocenters. The average molecular weight is 304 g/mol.